The largest absolute Gasteiger partial charge is 0.384 e. The van der Waals surface area contributed by atoms with Crippen molar-refractivity contribution in [3.63, 3.8) is 0 Å². The molecule has 0 aliphatic rings. The van der Waals surface area contributed by atoms with Crippen LogP contribution in [0.25, 0.3) is 0 Å². The summed E-state index contributed by atoms with van der Waals surface area (Å²) in [7, 11) is 1.61. The van der Waals surface area contributed by atoms with Crippen LogP contribution in [-0.2, 0) is 11.2 Å². The fourth-order valence-corrected chi connectivity index (χ4v) is 0.998. The van der Waals surface area contributed by atoms with Crippen molar-refractivity contribution in [3.8, 4) is 5.75 Å². The Balaban J connectivity index is 2.68. The van der Waals surface area contributed by atoms with Crippen LogP contribution in [0.1, 0.15) is 5.56 Å². The van der Waals surface area contributed by atoms with Crippen LogP contribution in [0.2, 0.25) is 0 Å². The summed E-state index contributed by atoms with van der Waals surface area (Å²) >= 11 is 0. The fourth-order valence-electron chi connectivity index (χ4n) is 0.998. The van der Waals surface area contributed by atoms with Crippen molar-refractivity contribution in [1.82, 2.24) is 0 Å². The van der Waals surface area contributed by atoms with Crippen molar-refractivity contribution in [2.45, 2.75) is 6.42 Å². The molecule has 12 heavy (non-hydrogen) atoms. The monoisotopic (exact) mass is 170 g/mol. The summed E-state index contributed by atoms with van der Waals surface area (Å²) in [6, 6.07) is 6.97. The summed E-state index contributed by atoms with van der Waals surface area (Å²) < 4.78 is 16.7. The highest BCUT2D eigenvalue weighted by molar-refractivity contribution is 5.32. The molecule has 1 rings (SSSR count). The molecule has 1 aromatic carbocycles. The van der Waals surface area contributed by atoms with Crippen LogP contribution in [0.5, 0.6) is 5.75 Å². The Kier molecular flexibility index (Phi) is 3.54. The third-order valence-corrected chi connectivity index (χ3v) is 1.63. The Morgan fingerprint density at radius 2 is 2.08 bits per heavy atom. The zero-order valence-corrected chi connectivity index (χ0v) is 6.92. The normalized spacial score (nSPS) is 9.83. The van der Waals surface area contributed by atoms with E-state index in [1.165, 1.54) is 0 Å². The molecule has 0 N–H and O–H groups in total. The lowest BCUT2D eigenvalue weighted by Gasteiger charge is -2.03. The van der Waals surface area contributed by atoms with Gasteiger partial charge in [-0.2, -0.15) is 0 Å². The zero-order chi connectivity index (χ0) is 8.81. The summed E-state index contributed by atoms with van der Waals surface area (Å²) in [4.78, 5) is 3.69. The van der Waals surface area contributed by atoms with Gasteiger partial charge < -0.3 is 4.74 Å². The zero-order valence-electron chi connectivity index (χ0n) is 6.92. The Morgan fingerprint density at radius 1 is 1.33 bits per heavy atom. The number of methoxy groups -OCH3 is 1. The van der Waals surface area contributed by atoms with E-state index in [1.54, 1.807) is 19.2 Å². The quantitative estimate of drug-likeness (QED) is 0.689. The van der Waals surface area contributed by atoms with Crippen molar-refractivity contribution >= 4 is 0 Å². The molecule has 0 amide bonds. The second-order valence-corrected chi connectivity index (χ2v) is 2.43. The molecule has 0 bridgehead atoms. The SMILES string of the molecule is COCCc1ccccc1OF. The van der Waals surface area contributed by atoms with Crippen molar-refractivity contribution in [1.29, 1.82) is 0 Å². The second-order valence-electron chi connectivity index (χ2n) is 2.43. The van der Waals surface area contributed by atoms with E-state index in [2.05, 4.69) is 4.94 Å². The van der Waals surface area contributed by atoms with Crippen molar-refractivity contribution in [3.05, 3.63) is 29.8 Å². The molecule has 66 valence electrons. The van der Waals surface area contributed by atoms with E-state index in [9.17, 15) is 4.53 Å². The Morgan fingerprint density at radius 3 is 2.75 bits per heavy atom. The maximum absolute atomic E-state index is 11.9. The smallest absolute Gasteiger partial charge is 0.175 e. The van der Waals surface area contributed by atoms with E-state index < -0.39 is 0 Å². The van der Waals surface area contributed by atoms with E-state index in [4.69, 9.17) is 4.74 Å². The Labute approximate surface area is 70.8 Å². The van der Waals surface area contributed by atoms with Gasteiger partial charge in [-0.05, 0) is 12.5 Å². The minimum absolute atomic E-state index is 0.273. The van der Waals surface area contributed by atoms with Crippen molar-refractivity contribution in [2.75, 3.05) is 13.7 Å². The molecule has 0 aliphatic carbocycles. The molecule has 0 atom stereocenters. The van der Waals surface area contributed by atoms with Gasteiger partial charge in [-0.15, -0.1) is 0 Å². The van der Waals surface area contributed by atoms with E-state index in [0.717, 1.165) is 5.56 Å². The van der Waals surface area contributed by atoms with Crippen LogP contribution in [-0.4, -0.2) is 13.7 Å². The molecule has 0 fully saturated rings. The molecular formula is C9H11FO2. The van der Waals surface area contributed by atoms with Crippen LogP contribution < -0.4 is 4.94 Å². The number of benzene rings is 1. The average molecular weight is 170 g/mol. The molecule has 0 saturated carbocycles. The number of para-hydroxylation sites is 1. The highest BCUT2D eigenvalue weighted by Gasteiger charge is 2.01. The Bertz CT molecular complexity index is 238. The van der Waals surface area contributed by atoms with E-state index in [1.807, 2.05) is 12.1 Å². The van der Waals surface area contributed by atoms with Gasteiger partial charge in [-0.1, -0.05) is 18.2 Å². The van der Waals surface area contributed by atoms with Crippen LogP contribution in [0.3, 0.4) is 0 Å². The van der Waals surface area contributed by atoms with E-state index in [0.29, 0.717) is 13.0 Å². The topological polar surface area (TPSA) is 18.5 Å². The molecule has 0 aromatic heterocycles. The van der Waals surface area contributed by atoms with Gasteiger partial charge in [0.15, 0.2) is 5.75 Å². The van der Waals surface area contributed by atoms with Gasteiger partial charge in [0.05, 0.1) is 6.61 Å². The summed E-state index contributed by atoms with van der Waals surface area (Å²) in [5.41, 5.74) is 0.821. The number of ether oxygens (including phenoxy) is 1. The third-order valence-electron chi connectivity index (χ3n) is 1.63. The highest BCUT2D eigenvalue weighted by atomic mass is 19.3. The van der Waals surface area contributed by atoms with Crippen LogP contribution >= 0.6 is 0 Å². The lowest BCUT2D eigenvalue weighted by Crippen LogP contribution is -1.95. The molecule has 0 spiro atoms. The van der Waals surface area contributed by atoms with Crippen LogP contribution in [0.15, 0.2) is 24.3 Å². The summed E-state index contributed by atoms with van der Waals surface area (Å²) in [5, 5.41) is 0. The number of rotatable bonds is 4. The predicted octanol–water partition coefficient (Wildman–Crippen LogP) is 2.14. The third kappa shape index (κ3) is 2.20. The first-order valence-corrected chi connectivity index (χ1v) is 3.74. The average Bonchev–Trinajstić information content (AvgIpc) is 2.15. The summed E-state index contributed by atoms with van der Waals surface area (Å²) in [6.07, 6.45) is 0.663. The first kappa shape index (κ1) is 9.00. The summed E-state index contributed by atoms with van der Waals surface area (Å²) in [5.74, 6) is 0.273. The van der Waals surface area contributed by atoms with Gasteiger partial charge in [0.25, 0.3) is 0 Å². The van der Waals surface area contributed by atoms with Gasteiger partial charge in [-0.3, -0.25) is 4.94 Å². The number of halogens is 1. The predicted molar refractivity (Wildman–Crippen MR) is 43.8 cm³/mol. The molecular weight excluding hydrogens is 159 g/mol. The minimum Gasteiger partial charge on any atom is -0.384 e. The van der Waals surface area contributed by atoms with Gasteiger partial charge in [0.2, 0.25) is 0 Å². The second kappa shape index (κ2) is 4.72. The molecule has 0 saturated heterocycles. The van der Waals surface area contributed by atoms with Gasteiger partial charge in [-0.25, -0.2) is 0 Å². The lowest BCUT2D eigenvalue weighted by atomic mass is 10.1. The highest BCUT2D eigenvalue weighted by Crippen LogP contribution is 2.18. The molecule has 2 nitrogen and oxygen atoms in total. The van der Waals surface area contributed by atoms with Gasteiger partial charge >= 0.3 is 0 Å². The van der Waals surface area contributed by atoms with Gasteiger partial charge in [0, 0.05) is 17.2 Å². The molecule has 0 unspecified atom stereocenters. The first-order chi connectivity index (χ1) is 5.88. The molecule has 0 aliphatic heterocycles. The first-order valence-electron chi connectivity index (χ1n) is 3.74. The molecule has 0 heterocycles. The number of hydrogen-bond acceptors (Lipinski definition) is 2. The van der Waals surface area contributed by atoms with E-state index in [-0.39, 0.29) is 5.75 Å². The van der Waals surface area contributed by atoms with E-state index >= 15 is 0 Å². The molecule has 3 heteroatoms. The summed E-state index contributed by atoms with van der Waals surface area (Å²) in [6.45, 7) is 0.570. The van der Waals surface area contributed by atoms with Gasteiger partial charge in [0.1, 0.15) is 0 Å². The van der Waals surface area contributed by atoms with Crippen LogP contribution in [0, 0.1) is 0 Å². The van der Waals surface area contributed by atoms with Crippen molar-refractivity contribution in [2.24, 2.45) is 0 Å². The molecule has 0 radical (unpaired) electrons. The Hall–Kier alpha value is -1.09. The number of hydrogen-bond donors (Lipinski definition) is 0. The minimum atomic E-state index is 0.273. The maximum atomic E-state index is 11.9. The lowest BCUT2D eigenvalue weighted by molar-refractivity contribution is -0.00760. The standard InChI is InChI=1S/C9H11FO2/c1-11-7-6-8-4-2-3-5-9(8)12-10/h2-5H,6-7H2,1H3. The fraction of sp³-hybridized carbons (Fsp3) is 0.333. The molecule has 1 aromatic rings. The van der Waals surface area contributed by atoms with Crippen LogP contribution in [0.4, 0.5) is 4.53 Å². The van der Waals surface area contributed by atoms with Crippen molar-refractivity contribution < 1.29 is 14.2 Å². The maximum Gasteiger partial charge on any atom is 0.175 e.